The molecule has 0 aliphatic carbocycles. The fraction of sp³-hybridized carbons (Fsp3) is 0.455. The van der Waals surface area contributed by atoms with E-state index in [9.17, 15) is 0 Å². The van der Waals surface area contributed by atoms with E-state index in [1.165, 1.54) is 5.56 Å². The van der Waals surface area contributed by atoms with Crippen molar-refractivity contribution < 1.29 is 4.74 Å². The highest BCUT2D eigenvalue weighted by atomic mass is 35.5. The van der Waals surface area contributed by atoms with Crippen LogP contribution >= 0.6 is 11.6 Å². The molecule has 0 atom stereocenters. The number of nitrogens with zero attached hydrogens (tertiary/aromatic N) is 1. The molecule has 0 unspecified atom stereocenters. The molecule has 0 saturated carbocycles. The Labute approximate surface area is 89.4 Å². The Balaban J connectivity index is 2.45. The largest absolute Gasteiger partial charge is 0.492 e. The number of benzene rings is 1. The van der Waals surface area contributed by atoms with Crippen LogP contribution in [0.15, 0.2) is 12.1 Å². The fourth-order valence-corrected chi connectivity index (χ4v) is 1.87. The Morgan fingerprint density at radius 3 is 3.00 bits per heavy atom. The predicted octanol–water partition coefficient (Wildman–Crippen LogP) is 2.47. The molecule has 1 heterocycles. The van der Waals surface area contributed by atoms with Gasteiger partial charge < -0.3 is 4.74 Å². The van der Waals surface area contributed by atoms with Gasteiger partial charge in [-0.05, 0) is 20.0 Å². The molecule has 0 radical (unpaired) electrons. The van der Waals surface area contributed by atoms with Crippen LogP contribution in [0.5, 0.6) is 5.75 Å². The van der Waals surface area contributed by atoms with Gasteiger partial charge in [-0.2, -0.15) is 0 Å². The Bertz CT molecular complexity index is 351. The second kappa shape index (κ2) is 3.79. The minimum atomic E-state index is 0.741. The lowest BCUT2D eigenvalue weighted by Crippen LogP contribution is -2.20. The van der Waals surface area contributed by atoms with Gasteiger partial charge in [-0.1, -0.05) is 17.7 Å². The normalized spacial score (nSPS) is 17.1. The van der Waals surface area contributed by atoms with Crippen LogP contribution in [0.1, 0.15) is 11.1 Å². The molecule has 0 aromatic heterocycles. The molecule has 0 spiro atoms. The van der Waals surface area contributed by atoms with Crippen LogP contribution in [0, 0.1) is 6.92 Å². The molecule has 1 aromatic rings. The summed E-state index contributed by atoms with van der Waals surface area (Å²) in [5.74, 6) is 0.974. The number of hydrogen-bond acceptors (Lipinski definition) is 2. The van der Waals surface area contributed by atoms with Gasteiger partial charge in [0.05, 0.1) is 0 Å². The van der Waals surface area contributed by atoms with E-state index in [1.807, 2.05) is 19.1 Å². The lowest BCUT2D eigenvalue weighted by Gasteiger charge is -2.12. The average Bonchev–Trinajstić information content (AvgIpc) is 2.34. The number of fused-ring (bicyclic) bond motifs is 1. The lowest BCUT2D eigenvalue weighted by molar-refractivity contribution is 0.258. The molecule has 3 heteroatoms. The van der Waals surface area contributed by atoms with Gasteiger partial charge in [-0.3, -0.25) is 4.90 Å². The van der Waals surface area contributed by atoms with Gasteiger partial charge in [0.2, 0.25) is 0 Å². The Kier molecular flexibility index (Phi) is 2.66. The molecule has 0 saturated heterocycles. The zero-order chi connectivity index (χ0) is 10.1. The standard InChI is InChI=1S/C11H14ClNO/c1-8-10(12)4-3-9-7-13(2)5-6-14-11(8)9/h3-4H,5-7H2,1-2H3. The molecule has 0 N–H and O–H groups in total. The van der Waals surface area contributed by atoms with Crippen molar-refractivity contribution in [2.24, 2.45) is 0 Å². The van der Waals surface area contributed by atoms with Gasteiger partial charge in [0.25, 0.3) is 0 Å². The van der Waals surface area contributed by atoms with Crippen molar-refractivity contribution >= 4 is 11.6 Å². The Hall–Kier alpha value is -0.730. The minimum absolute atomic E-state index is 0.741. The van der Waals surface area contributed by atoms with Crippen LogP contribution in [0.25, 0.3) is 0 Å². The van der Waals surface area contributed by atoms with E-state index >= 15 is 0 Å². The topological polar surface area (TPSA) is 12.5 Å². The Morgan fingerprint density at radius 1 is 1.43 bits per heavy atom. The fourth-order valence-electron chi connectivity index (χ4n) is 1.72. The van der Waals surface area contributed by atoms with Crippen LogP contribution in [0.3, 0.4) is 0 Å². The van der Waals surface area contributed by atoms with Crippen LogP contribution in [0.2, 0.25) is 5.02 Å². The lowest BCUT2D eigenvalue weighted by atomic mass is 10.1. The molecule has 1 aromatic carbocycles. The van der Waals surface area contributed by atoms with Crippen LogP contribution in [-0.4, -0.2) is 25.1 Å². The van der Waals surface area contributed by atoms with E-state index in [4.69, 9.17) is 16.3 Å². The second-order valence-corrected chi connectivity index (χ2v) is 4.15. The van der Waals surface area contributed by atoms with Gasteiger partial charge >= 0.3 is 0 Å². The van der Waals surface area contributed by atoms with Crippen LogP contribution in [0.4, 0.5) is 0 Å². The highest BCUT2D eigenvalue weighted by molar-refractivity contribution is 6.31. The molecule has 0 bridgehead atoms. The van der Waals surface area contributed by atoms with Gasteiger partial charge in [-0.25, -0.2) is 0 Å². The maximum Gasteiger partial charge on any atom is 0.128 e. The summed E-state index contributed by atoms with van der Waals surface area (Å²) in [6.45, 7) is 4.65. The first-order chi connectivity index (χ1) is 6.68. The molecular weight excluding hydrogens is 198 g/mol. The predicted molar refractivity (Wildman–Crippen MR) is 58.0 cm³/mol. The molecule has 76 valence electrons. The average molecular weight is 212 g/mol. The summed E-state index contributed by atoms with van der Waals surface area (Å²) in [7, 11) is 2.10. The maximum atomic E-state index is 6.04. The summed E-state index contributed by atoms with van der Waals surface area (Å²) in [5, 5.41) is 0.785. The SMILES string of the molecule is Cc1c(Cl)ccc2c1OCCN(C)C2. The molecule has 1 aliphatic rings. The van der Waals surface area contributed by atoms with E-state index in [0.717, 1.165) is 36.0 Å². The maximum absolute atomic E-state index is 6.04. The van der Waals surface area contributed by atoms with Crippen molar-refractivity contribution in [1.82, 2.24) is 4.90 Å². The zero-order valence-corrected chi connectivity index (χ0v) is 9.27. The summed E-state index contributed by atoms with van der Waals surface area (Å²) in [6.07, 6.45) is 0. The third-order valence-corrected chi connectivity index (χ3v) is 2.99. The first-order valence-electron chi connectivity index (χ1n) is 4.78. The first kappa shape index (κ1) is 9.81. The van der Waals surface area contributed by atoms with Crippen molar-refractivity contribution in [2.75, 3.05) is 20.2 Å². The van der Waals surface area contributed by atoms with Crippen LogP contribution in [-0.2, 0) is 6.54 Å². The van der Waals surface area contributed by atoms with Crippen LogP contribution < -0.4 is 4.74 Å². The summed E-state index contributed by atoms with van der Waals surface area (Å²) in [4.78, 5) is 2.25. The van der Waals surface area contributed by atoms with Crippen molar-refractivity contribution in [3.63, 3.8) is 0 Å². The minimum Gasteiger partial charge on any atom is -0.492 e. The molecule has 2 nitrogen and oxygen atoms in total. The molecule has 0 fully saturated rings. The van der Waals surface area contributed by atoms with Crippen molar-refractivity contribution in [3.05, 3.63) is 28.3 Å². The second-order valence-electron chi connectivity index (χ2n) is 3.75. The van der Waals surface area contributed by atoms with Gasteiger partial charge in [-0.15, -0.1) is 0 Å². The molecule has 14 heavy (non-hydrogen) atoms. The van der Waals surface area contributed by atoms with Gasteiger partial charge in [0.1, 0.15) is 12.4 Å². The quantitative estimate of drug-likeness (QED) is 0.654. The highest BCUT2D eigenvalue weighted by Gasteiger charge is 2.15. The smallest absolute Gasteiger partial charge is 0.128 e. The number of ether oxygens (including phenoxy) is 1. The summed E-state index contributed by atoms with van der Waals surface area (Å²) in [5.41, 5.74) is 2.28. The van der Waals surface area contributed by atoms with E-state index in [0.29, 0.717) is 0 Å². The van der Waals surface area contributed by atoms with Gasteiger partial charge in [0.15, 0.2) is 0 Å². The van der Waals surface area contributed by atoms with E-state index < -0.39 is 0 Å². The van der Waals surface area contributed by atoms with E-state index in [1.54, 1.807) is 0 Å². The monoisotopic (exact) mass is 211 g/mol. The van der Waals surface area contributed by atoms with Crippen molar-refractivity contribution in [1.29, 1.82) is 0 Å². The molecule has 1 aliphatic heterocycles. The van der Waals surface area contributed by atoms with Crippen molar-refractivity contribution in [3.8, 4) is 5.75 Å². The third kappa shape index (κ3) is 1.72. The summed E-state index contributed by atoms with van der Waals surface area (Å²) < 4.78 is 5.70. The number of hydrogen-bond donors (Lipinski definition) is 0. The van der Waals surface area contributed by atoms with E-state index in [-0.39, 0.29) is 0 Å². The third-order valence-electron chi connectivity index (χ3n) is 2.58. The molecular formula is C11H14ClNO. The van der Waals surface area contributed by atoms with Gasteiger partial charge in [0, 0.05) is 29.2 Å². The number of halogens is 1. The number of rotatable bonds is 0. The summed E-state index contributed by atoms with van der Waals surface area (Å²) >= 11 is 6.04. The Morgan fingerprint density at radius 2 is 2.21 bits per heavy atom. The number of likely N-dealkylation sites (N-methyl/N-ethyl adjacent to an activating group) is 1. The van der Waals surface area contributed by atoms with Crippen molar-refractivity contribution in [2.45, 2.75) is 13.5 Å². The molecule has 0 amide bonds. The summed E-state index contributed by atoms with van der Waals surface area (Å²) in [6, 6.07) is 3.99. The molecule has 2 rings (SSSR count). The van der Waals surface area contributed by atoms with E-state index in [2.05, 4.69) is 11.9 Å². The highest BCUT2D eigenvalue weighted by Crippen LogP contribution is 2.31. The first-order valence-corrected chi connectivity index (χ1v) is 5.15. The zero-order valence-electron chi connectivity index (χ0n) is 8.51.